The third kappa shape index (κ3) is 2.12. The number of aromatic amines is 1. The maximum absolute atomic E-state index is 10.8. The molecule has 0 saturated heterocycles. The first-order valence-corrected chi connectivity index (χ1v) is 5.90. The number of nitrogens with one attached hydrogen (secondary N) is 2. The molecule has 0 radical (unpaired) electrons. The Morgan fingerprint density at radius 1 is 1.30 bits per heavy atom. The molecule has 0 unspecified atom stereocenters. The molecule has 20 heavy (non-hydrogen) atoms. The van der Waals surface area contributed by atoms with Crippen LogP contribution in [-0.4, -0.2) is 24.9 Å². The summed E-state index contributed by atoms with van der Waals surface area (Å²) in [6, 6.07) is 7.00. The van der Waals surface area contributed by atoms with E-state index in [1.54, 1.807) is 24.3 Å². The lowest BCUT2D eigenvalue weighted by molar-refractivity contribution is -0.394. The fourth-order valence-corrected chi connectivity index (χ4v) is 1.87. The number of hydrogen-bond acceptors (Lipinski definition) is 6. The van der Waals surface area contributed by atoms with Gasteiger partial charge in [-0.05, 0) is 27.0 Å². The highest BCUT2D eigenvalue weighted by Gasteiger charge is 2.20. The molecule has 2 aromatic heterocycles. The maximum Gasteiger partial charge on any atom is 0.473 e. The summed E-state index contributed by atoms with van der Waals surface area (Å²) in [7, 11) is 0. The van der Waals surface area contributed by atoms with E-state index in [4.69, 9.17) is 11.6 Å². The van der Waals surface area contributed by atoms with Gasteiger partial charge in [-0.2, -0.15) is 0 Å². The molecule has 1 aromatic carbocycles. The van der Waals surface area contributed by atoms with Crippen molar-refractivity contribution in [2.75, 3.05) is 5.32 Å². The number of H-pyrrole nitrogens is 1. The lowest BCUT2D eigenvalue weighted by Gasteiger charge is -2.05. The van der Waals surface area contributed by atoms with Crippen LogP contribution in [0.15, 0.2) is 30.6 Å². The van der Waals surface area contributed by atoms with Crippen molar-refractivity contribution in [2.45, 2.75) is 0 Å². The summed E-state index contributed by atoms with van der Waals surface area (Å²) >= 11 is 6.04. The van der Waals surface area contributed by atoms with Crippen molar-refractivity contribution in [3.05, 3.63) is 45.7 Å². The predicted molar refractivity (Wildman–Crippen MR) is 73.1 cm³/mol. The van der Waals surface area contributed by atoms with Crippen LogP contribution >= 0.6 is 11.6 Å². The topological polar surface area (TPSA) is 110 Å². The Kier molecular flexibility index (Phi) is 2.92. The highest BCUT2D eigenvalue weighted by atomic mass is 35.5. The van der Waals surface area contributed by atoms with Crippen molar-refractivity contribution >= 4 is 40.2 Å². The van der Waals surface area contributed by atoms with E-state index in [1.165, 1.54) is 6.33 Å². The fourth-order valence-electron chi connectivity index (χ4n) is 1.68. The van der Waals surface area contributed by atoms with Crippen LogP contribution < -0.4 is 5.32 Å². The molecule has 0 aliphatic heterocycles. The van der Waals surface area contributed by atoms with Gasteiger partial charge in [0, 0.05) is 0 Å². The van der Waals surface area contributed by atoms with Crippen molar-refractivity contribution in [3.63, 3.8) is 0 Å². The third-order valence-corrected chi connectivity index (χ3v) is 2.89. The van der Waals surface area contributed by atoms with Crippen LogP contribution in [0.5, 0.6) is 0 Å². The zero-order valence-electron chi connectivity index (χ0n) is 9.87. The molecule has 0 aliphatic carbocycles. The Labute approximate surface area is 117 Å². The second-order valence-corrected chi connectivity index (χ2v) is 4.24. The Morgan fingerprint density at radius 3 is 2.85 bits per heavy atom. The molecule has 2 N–H and O–H groups in total. The quantitative estimate of drug-likeness (QED) is 0.567. The summed E-state index contributed by atoms with van der Waals surface area (Å²) in [4.78, 5) is 24.5. The van der Waals surface area contributed by atoms with Crippen LogP contribution in [-0.2, 0) is 0 Å². The van der Waals surface area contributed by atoms with E-state index in [-0.39, 0.29) is 11.5 Å². The number of rotatable bonds is 3. The number of hydrogen-bond donors (Lipinski definition) is 2. The lowest BCUT2D eigenvalue weighted by atomic mass is 10.3. The van der Waals surface area contributed by atoms with Crippen LogP contribution in [0.4, 0.5) is 17.5 Å². The zero-order valence-corrected chi connectivity index (χ0v) is 10.6. The van der Waals surface area contributed by atoms with Crippen molar-refractivity contribution in [2.24, 2.45) is 0 Å². The van der Waals surface area contributed by atoms with Gasteiger partial charge in [-0.1, -0.05) is 23.7 Å². The van der Waals surface area contributed by atoms with Crippen LogP contribution in [0.3, 0.4) is 0 Å². The Bertz CT molecular complexity index is 802. The summed E-state index contributed by atoms with van der Waals surface area (Å²) < 4.78 is 0. The monoisotopic (exact) mass is 290 g/mol. The van der Waals surface area contributed by atoms with Crippen LogP contribution in [0.1, 0.15) is 0 Å². The van der Waals surface area contributed by atoms with Gasteiger partial charge in [0.2, 0.25) is 5.82 Å². The maximum atomic E-state index is 10.8. The van der Waals surface area contributed by atoms with Gasteiger partial charge in [0.25, 0.3) is 5.65 Å². The van der Waals surface area contributed by atoms with Crippen molar-refractivity contribution in [1.29, 1.82) is 0 Å². The SMILES string of the molecule is O=[N+]([O-])c1nc(Nc2ccccc2Cl)c2[nH]cnc2n1. The van der Waals surface area contributed by atoms with Crippen LogP contribution in [0, 0.1) is 10.1 Å². The molecular weight excluding hydrogens is 284 g/mol. The predicted octanol–water partition coefficient (Wildman–Crippen LogP) is 2.66. The Morgan fingerprint density at radius 2 is 2.10 bits per heavy atom. The summed E-state index contributed by atoms with van der Waals surface area (Å²) in [5.74, 6) is -0.286. The number of benzene rings is 1. The third-order valence-electron chi connectivity index (χ3n) is 2.56. The molecule has 0 saturated carbocycles. The summed E-state index contributed by atoms with van der Waals surface area (Å²) in [6.45, 7) is 0. The fraction of sp³-hybridized carbons (Fsp3) is 0. The minimum atomic E-state index is -0.675. The van der Waals surface area contributed by atoms with E-state index < -0.39 is 10.9 Å². The summed E-state index contributed by atoms with van der Waals surface area (Å²) in [6.07, 6.45) is 1.39. The van der Waals surface area contributed by atoms with Crippen molar-refractivity contribution in [3.8, 4) is 0 Å². The summed E-state index contributed by atoms with van der Waals surface area (Å²) in [5.41, 5.74) is 1.26. The van der Waals surface area contributed by atoms with E-state index in [0.717, 1.165) is 0 Å². The van der Waals surface area contributed by atoms with Gasteiger partial charge < -0.3 is 20.4 Å². The first-order chi connectivity index (χ1) is 9.65. The van der Waals surface area contributed by atoms with Gasteiger partial charge in [-0.3, -0.25) is 0 Å². The highest BCUT2D eigenvalue weighted by Crippen LogP contribution is 2.27. The normalized spacial score (nSPS) is 10.7. The first kappa shape index (κ1) is 12.3. The molecule has 3 rings (SSSR count). The average molecular weight is 291 g/mol. The standard InChI is InChI=1S/C11H7ClN6O2/c12-6-3-1-2-4-7(6)15-10-8-9(14-5-13-8)16-11(17-10)18(19)20/h1-5H,(H2,13,14,15,16,17). The van der Waals surface area contributed by atoms with Gasteiger partial charge in [0.1, 0.15) is 0 Å². The molecule has 2 heterocycles. The second kappa shape index (κ2) is 4.74. The van der Waals surface area contributed by atoms with E-state index in [2.05, 4.69) is 25.3 Å². The van der Waals surface area contributed by atoms with Gasteiger partial charge in [-0.25, -0.2) is 4.98 Å². The molecule has 0 fully saturated rings. The molecule has 0 spiro atoms. The number of aromatic nitrogens is 4. The minimum Gasteiger partial charge on any atom is -0.390 e. The Hall–Kier alpha value is -2.74. The molecule has 0 atom stereocenters. The number of anilines is 2. The number of nitro groups is 1. The number of nitrogens with zero attached hydrogens (tertiary/aromatic N) is 4. The molecule has 9 heteroatoms. The van der Waals surface area contributed by atoms with E-state index in [0.29, 0.717) is 16.2 Å². The molecule has 3 aromatic rings. The van der Waals surface area contributed by atoms with Crippen molar-refractivity contribution < 1.29 is 4.92 Å². The van der Waals surface area contributed by atoms with E-state index >= 15 is 0 Å². The van der Waals surface area contributed by atoms with E-state index in [1.807, 2.05) is 0 Å². The number of para-hydroxylation sites is 1. The van der Waals surface area contributed by atoms with Crippen molar-refractivity contribution in [1.82, 2.24) is 19.9 Å². The molecular formula is C11H7ClN6O2. The van der Waals surface area contributed by atoms with Gasteiger partial charge in [0.15, 0.2) is 5.52 Å². The summed E-state index contributed by atoms with van der Waals surface area (Å²) in [5, 5.41) is 14.2. The molecule has 8 nitrogen and oxygen atoms in total. The Balaban J connectivity index is 2.12. The average Bonchev–Trinajstić information content (AvgIpc) is 2.89. The minimum absolute atomic E-state index is 0.209. The molecule has 100 valence electrons. The molecule has 0 bridgehead atoms. The lowest BCUT2D eigenvalue weighted by Crippen LogP contribution is -2.02. The zero-order chi connectivity index (χ0) is 14.1. The largest absolute Gasteiger partial charge is 0.473 e. The highest BCUT2D eigenvalue weighted by molar-refractivity contribution is 6.33. The van der Waals surface area contributed by atoms with E-state index in [9.17, 15) is 10.1 Å². The number of halogens is 1. The molecule has 0 aliphatic rings. The number of fused-ring (bicyclic) bond motifs is 1. The van der Waals surface area contributed by atoms with Gasteiger partial charge >= 0.3 is 5.95 Å². The van der Waals surface area contributed by atoms with Gasteiger partial charge in [-0.15, -0.1) is 0 Å². The molecule has 0 amide bonds. The second-order valence-electron chi connectivity index (χ2n) is 3.84. The smallest absolute Gasteiger partial charge is 0.390 e. The number of imidazole rings is 1. The van der Waals surface area contributed by atoms with Gasteiger partial charge in [0.05, 0.1) is 17.0 Å². The van der Waals surface area contributed by atoms with Crippen LogP contribution in [0.2, 0.25) is 5.02 Å². The first-order valence-electron chi connectivity index (χ1n) is 5.52. The van der Waals surface area contributed by atoms with Crippen LogP contribution in [0.25, 0.3) is 11.2 Å².